The van der Waals surface area contributed by atoms with Crippen molar-refractivity contribution in [2.24, 2.45) is 35.5 Å². The van der Waals surface area contributed by atoms with Gasteiger partial charge in [0.1, 0.15) is 0 Å². The van der Waals surface area contributed by atoms with Gasteiger partial charge in [-0.3, -0.25) is 0 Å². The summed E-state index contributed by atoms with van der Waals surface area (Å²) in [4.78, 5) is 0. The Morgan fingerprint density at radius 2 is 1.68 bits per heavy atom. The predicted molar refractivity (Wildman–Crippen MR) is 82.1 cm³/mol. The topological polar surface area (TPSA) is 12.0 Å². The summed E-state index contributed by atoms with van der Waals surface area (Å²) < 4.78 is 0. The minimum atomic E-state index is 0.801. The maximum Gasteiger partial charge on any atom is 0.00952 e. The quantitative estimate of drug-likeness (QED) is 0.789. The van der Waals surface area contributed by atoms with Crippen molar-refractivity contribution in [3.8, 4) is 0 Å². The Morgan fingerprint density at radius 1 is 0.947 bits per heavy atom. The highest BCUT2D eigenvalue weighted by molar-refractivity contribution is 4.93. The molecule has 6 atom stereocenters. The summed E-state index contributed by atoms with van der Waals surface area (Å²) in [5.74, 6) is 6.11. The first kappa shape index (κ1) is 13.9. The van der Waals surface area contributed by atoms with Crippen molar-refractivity contribution in [1.29, 1.82) is 0 Å². The maximum absolute atomic E-state index is 3.70. The fraction of sp³-hybridized carbons (Fsp3) is 1.00. The van der Waals surface area contributed by atoms with Crippen molar-refractivity contribution in [2.45, 2.75) is 71.3 Å². The minimum absolute atomic E-state index is 0.801. The highest BCUT2D eigenvalue weighted by Gasteiger charge is 2.41. The molecule has 0 saturated heterocycles. The summed E-state index contributed by atoms with van der Waals surface area (Å²) in [5.41, 5.74) is 0. The van der Waals surface area contributed by atoms with Crippen LogP contribution in [-0.4, -0.2) is 13.1 Å². The van der Waals surface area contributed by atoms with Crippen LogP contribution in [0.15, 0.2) is 0 Å². The molecule has 3 aliphatic rings. The zero-order chi connectivity index (χ0) is 13.4. The lowest BCUT2D eigenvalue weighted by Crippen LogP contribution is -2.39. The summed E-state index contributed by atoms with van der Waals surface area (Å²) in [6.45, 7) is 4.93. The van der Waals surface area contributed by atoms with Crippen LogP contribution in [-0.2, 0) is 0 Å². The van der Waals surface area contributed by atoms with Crippen LogP contribution in [0, 0.1) is 35.5 Å². The van der Waals surface area contributed by atoms with Gasteiger partial charge in [-0.2, -0.15) is 0 Å². The first-order chi connectivity index (χ1) is 9.15. The number of hydrogen-bond acceptors (Lipinski definition) is 1. The smallest absolute Gasteiger partial charge is 0.00952 e. The van der Waals surface area contributed by atoms with Crippen molar-refractivity contribution in [3.05, 3.63) is 0 Å². The van der Waals surface area contributed by atoms with E-state index in [0.717, 1.165) is 41.5 Å². The van der Waals surface area contributed by atoms with Crippen LogP contribution in [0.1, 0.15) is 65.2 Å². The lowest BCUT2D eigenvalue weighted by molar-refractivity contribution is 0.153. The first-order valence-electron chi connectivity index (χ1n) is 8.83. The molecule has 0 aromatic rings. The Bertz CT molecular complexity index is 290. The Labute approximate surface area is 119 Å². The molecule has 0 heterocycles. The fourth-order valence-electron chi connectivity index (χ4n) is 5.88. The Morgan fingerprint density at radius 3 is 2.21 bits per heavy atom. The molecular weight excluding hydrogens is 230 g/mol. The fourth-order valence-corrected chi connectivity index (χ4v) is 5.88. The maximum atomic E-state index is 3.70. The van der Waals surface area contributed by atoms with E-state index in [-0.39, 0.29) is 0 Å². The molecule has 0 aliphatic heterocycles. The molecule has 3 rings (SSSR count). The van der Waals surface area contributed by atoms with E-state index in [4.69, 9.17) is 0 Å². The zero-order valence-electron chi connectivity index (χ0n) is 13.2. The van der Waals surface area contributed by atoms with Crippen LogP contribution in [0.5, 0.6) is 0 Å². The predicted octanol–water partition coefficient (Wildman–Crippen LogP) is 4.47. The molecule has 0 radical (unpaired) electrons. The molecule has 3 saturated carbocycles. The molecule has 19 heavy (non-hydrogen) atoms. The van der Waals surface area contributed by atoms with Crippen LogP contribution in [0.3, 0.4) is 0 Å². The third-order valence-electron chi connectivity index (χ3n) is 6.60. The average Bonchev–Trinajstić information content (AvgIpc) is 2.96. The van der Waals surface area contributed by atoms with Crippen LogP contribution >= 0.6 is 0 Å². The molecule has 3 aliphatic carbocycles. The van der Waals surface area contributed by atoms with Gasteiger partial charge in [0, 0.05) is 6.04 Å². The van der Waals surface area contributed by atoms with Gasteiger partial charge < -0.3 is 5.32 Å². The van der Waals surface area contributed by atoms with Gasteiger partial charge in [-0.05, 0) is 87.5 Å². The Hall–Kier alpha value is -0.0400. The van der Waals surface area contributed by atoms with Crippen molar-refractivity contribution in [1.82, 2.24) is 5.32 Å². The summed E-state index contributed by atoms with van der Waals surface area (Å²) in [6, 6.07) is 0.801. The third-order valence-corrected chi connectivity index (χ3v) is 6.60. The molecule has 0 amide bonds. The van der Waals surface area contributed by atoms with Gasteiger partial charge in [-0.25, -0.2) is 0 Å². The number of fused-ring (bicyclic) bond motifs is 2. The minimum Gasteiger partial charge on any atom is -0.317 e. The highest BCUT2D eigenvalue weighted by Crippen LogP contribution is 2.50. The Kier molecular flexibility index (Phi) is 4.22. The van der Waals surface area contributed by atoms with E-state index in [1.54, 1.807) is 25.7 Å². The molecule has 110 valence electrons. The van der Waals surface area contributed by atoms with E-state index in [1.807, 2.05) is 0 Å². The lowest BCUT2D eigenvalue weighted by Gasteiger charge is -2.38. The second kappa shape index (κ2) is 5.76. The molecule has 2 bridgehead atoms. The third kappa shape index (κ3) is 3.01. The summed E-state index contributed by atoms with van der Waals surface area (Å²) in [5, 5.41) is 3.70. The molecule has 0 spiro atoms. The second-order valence-corrected chi connectivity index (χ2v) is 8.24. The van der Waals surface area contributed by atoms with Crippen molar-refractivity contribution in [2.75, 3.05) is 7.05 Å². The number of nitrogens with one attached hydrogen (secondary N) is 1. The van der Waals surface area contributed by atoms with Gasteiger partial charge in [0.05, 0.1) is 0 Å². The van der Waals surface area contributed by atoms with Crippen LogP contribution < -0.4 is 5.32 Å². The number of rotatable bonds is 4. The van der Waals surface area contributed by atoms with Gasteiger partial charge in [0.15, 0.2) is 0 Å². The van der Waals surface area contributed by atoms with Gasteiger partial charge in [-0.15, -0.1) is 0 Å². The molecule has 1 heteroatoms. The summed E-state index contributed by atoms with van der Waals surface area (Å²) in [7, 11) is 2.21. The molecule has 1 N–H and O–H groups in total. The summed E-state index contributed by atoms with van der Waals surface area (Å²) in [6.07, 6.45) is 12.1. The van der Waals surface area contributed by atoms with E-state index in [9.17, 15) is 0 Å². The standard InChI is InChI=1S/C18H33N/c1-12-6-13(2)8-17(7-12)18(19-3)11-16-10-14-4-5-15(16)9-14/h12-19H,4-11H2,1-3H3. The molecule has 6 unspecified atom stereocenters. The van der Waals surface area contributed by atoms with Gasteiger partial charge in [-0.1, -0.05) is 20.3 Å². The highest BCUT2D eigenvalue weighted by atomic mass is 14.9. The van der Waals surface area contributed by atoms with E-state index < -0.39 is 0 Å². The van der Waals surface area contributed by atoms with Crippen LogP contribution in [0.4, 0.5) is 0 Å². The largest absolute Gasteiger partial charge is 0.317 e. The van der Waals surface area contributed by atoms with E-state index in [0.29, 0.717) is 0 Å². The molecule has 3 fully saturated rings. The van der Waals surface area contributed by atoms with Crippen molar-refractivity contribution < 1.29 is 0 Å². The molecule has 1 nitrogen and oxygen atoms in total. The van der Waals surface area contributed by atoms with E-state index >= 15 is 0 Å². The zero-order valence-corrected chi connectivity index (χ0v) is 13.2. The van der Waals surface area contributed by atoms with Crippen LogP contribution in [0.25, 0.3) is 0 Å². The number of hydrogen-bond donors (Lipinski definition) is 1. The SMILES string of the molecule is CNC(CC1CC2CCC1C2)C1CC(C)CC(C)C1. The van der Waals surface area contributed by atoms with E-state index in [1.165, 1.54) is 25.7 Å². The van der Waals surface area contributed by atoms with Crippen molar-refractivity contribution in [3.63, 3.8) is 0 Å². The molecule has 0 aromatic heterocycles. The van der Waals surface area contributed by atoms with Gasteiger partial charge >= 0.3 is 0 Å². The average molecular weight is 263 g/mol. The molecular formula is C18H33N. The summed E-state index contributed by atoms with van der Waals surface area (Å²) >= 11 is 0. The van der Waals surface area contributed by atoms with Gasteiger partial charge in [0.2, 0.25) is 0 Å². The van der Waals surface area contributed by atoms with E-state index in [2.05, 4.69) is 26.2 Å². The normalized spacial score (nSPS) is 47.5. The second-order valence-electron chi connectivity index (χ2n) is 8.24. The monoisotopic (exact) mass is 263 g/mol. The van der Waals surface area contributed by atoms with Crippen LogP contribution in [0.2, 0.25) is 0 Å². The first-order valence-corrected chi connectivity index (χ1v) is 8.83. The molecule has 0 aromatic carbocycles. The lowest BCUT2D eigenvalue weighted by atomic mass is 9.71. The Balaban J connectivity index is 1.58. The van der Waals surface area contributed by atoms with Gasteiger partial charge in [0.25, 0.3) is 0 Å². The van der Waals surface area contributed by atoms with Crippen molar-refractivity contribution >= 4 is 0 Å².